The van der Waals surface area contributed by atoms with Crippen LogP contribution in [0.25, 0.3) is 0 Å². The molecule has 2 amide bonds. The smallest absolute Gasteiger partial charge is 0.413 e. The largest absolute Gasteiger partial charge is 0.446 e. The van der Waals surface area contributed by atoms with E-state index in [4.69, 9.17) is 9.47 Å². The molecule has 0 aliphatic heterocycles. The number of rotatable bonds is 8. The summed E-state index contributed by atoms with van der Waals surface area (Å²) in [6.45, 7) is 5.80. The van der Waals surface area contributed by atoms with Crippen molar-refractivity contribution < 1.29 is 24.2 Å². The van der Waals surface area contributed by atoms with Crippen LogP contribution in [0.15, 0.2) is 34.8 Å². The third-order valence-corrected chi connectivity index (χ3v) is 2.17. The summed E-state index contributed by atoms with van der Waals surface area (Å²) in [5.74, 6) is 0. The third-order valence-electron chi connectivity index (χ3n) is 2.17. The van der Waals surface area contributed by atoms with E-state index in [1.807, 2.05) is 0 Å². The minimum absolute atomic E-state index is 0.320. The molecule has 1 N–H and O–H groups in total. The molecule has 9 heteroatoms. The third kappa shape index (κ3) is 8.48. The minimum Gasteiger partial charge on any atom is -0.446 e. The van der Waals surface area contributed by atoms with Crippen molar-refractivity contribution in [1.29, 1.82) is 0 Å². The van der Waals surface area contributed by atoms with Crippen LogP contribution in [0.2, 0.25) is 0 Å². The fourth-order valence-corrected chi connectivity index (χ4v) is 1.00. The minimum atomic E-state index is -1.14. The van der Waals surface area contributed by atoms with Gasteiger partial charge in [0.15, 0.2) is 0 Å². The van der Waals surface area contributed by atoms with Crippen molar-refractivity contribution in [2.75, 3.05) is 27.3 Å². The summed E-state index contributed by atoms with van der Waals surface area (Å²) in [6.07, 6.45) is 2.78. The van der Waals surface area contributed by atoms with E-state index in [9.17, 15) is 14.7 Å². The van der Waals surface area contributed by atoms with Gasteiger partial charge >= 0.3 is 12.2 Å². The second-order valence-corrected chi connectivity index (χ2v) is 3.99. The maximum absolute atomic E-state index is 11.5. The molecule has 0 atom stereocenters. The number of hydrogen-bond acceptors (Lipinski definition) is 7. The molecule has 0 fully saturated rings. The first-order valence-electron chi connectivity index (χ1n) is 6.14. The molecular weight excluding hydrogens is 292 g/mol. The van der Waals surface area contributed by atoms with E-state index in [2.05, 4.69) is 23.4 Å². The van der Waals surface area contributed by atoms with E-state index in [0.29, 0.717) is 0 Å². The fraction of sp³-hybridized carbons (Fsp3) is 0.385. The maximum Gasteiger partial charge on any atom is 0.413 e. The lowest BCUT2D eigenvalue weighted by molar-refractivity contribution is 0.0130. The first kappa shape index (κ1) is 19.3. The Morgan fingerprint density at radius 2 is 1.41 bits per heavy atom. The molecule has 22 heavy (non-hydrogen) atoms. The highest BCUT2D eigenvalue weighted by molar-refractivity contribution is 5.69. The second kappa shape index (κ2) is 11.0. The predicted octanol–water partition coefficient (Wildman–Crippen LogP) is 0.828. The van der Waals surface area contributed by atoms with Crippen LogP contribution in [0.5, 0.6) is 0 Å². The fourth-order valence-electron chi connectivity index (χ4n) is 1.00. The molecule has 0 spiro atoms. The Kier molecular flexibility index (Phi) is 9.69. The maximum atomic E-state index is 11.5. The second-order valence-electron chi connectivity index (χ2n) is 3.99. The van der Waals surface area contributed by atoms with Gasteiger partial charge in [0.1, 0.15) is 19.3 Å². The van der Waals surface area contributed by atoms with Crippen LogP contribution in [0.3, 0.4) is 0 Å². The highest BCUT2D eigenvalue weighted by atomic mass is 16.6. The van der Waals surface area contributed by atoms with E-state index < -0.39 is 18.3 Å². The first-order valence-corrected chi connectivity index (χ1v) is 6.14. The average molecular weight is 312 g/mol. The Hall–Kier alpha value is -2.68. The number of carbonyl (C=O) groups excluding carboxylic acids is 2. The number of ether oxygens (including phenoxy) is 2. The van der Waals surface area contributed by atoms with Crippen molar-refractivity contribution in [3.63, 3.8) is 0 Å². The summed E-state index contributed by atoms with van der Waals surface area (Å²) in [5.41, 5.74) is 0. The van der Waals surface area contributed by atoms with Gasteiger partial charge in [-0.2, -0.15) is 0 Å². The van der Waals surface area contributed by atoms with Gasteiger partial charge in [-0.15, -0.1) is 0 Å². The van der Waals surface area contributed by atoms with Gasteiger partial charge < -0.3 is 14.6 Å². The molecule has 0 bridgehead atoms. The topological polar surface area (TPSA) is 104 Å². The summed E-state index contributed by atoms with van der Waals surface area (Å²) in [7, 11) is 2.90. The van der Waals surface area contributed by atoms with Gasteiger partial charge in [0.2, 0.25) is 0 Å². The number of carbonyl (C=O) groups is 2. The normalized spacial score (nSPS) is 10.7. The van der Waals surface area contributed by atoms with Crippen LogP contribution in [-0.2, 0) is 9.47 Å². The Bertz CT molecular complexity index is 410. The molecule has 0 aliphatic carbocycles. The van der Waals surface area contributed by atoms with Gasteiger partial charge in [0, 0.05) is 38.9 Å². The highest BCUT2D eigenvalue weighted by Crippen LogP contribution is 1.97. The number of hydrogen-bond donors (Lipinski definition) is 1. The molecule has 0 aromatic heterocycles. The zero-order valence-electron chi connectivity index (χ0n) is 12.6. The zero-order chi connectivity index (χ0) is 17.0. The number of aliphatic hydroxyl groups excluding tert-OH is 1. The Morgan fingerprint density at radius 1 is 1.05 bits per heavy atom. The van der Waals surface area contributed by atoms with Crippen LogP contribution >= 0.6 is 0 Å². The first-order chi connectivity index (χ1) is 10.4. The van der Waals surface area contributed by atoms with Crippen molar-refractivity contribution in [3.8, 4) is 0 Å². The molecule has 0 aromatic carbocycles. The lowest BCUT2D eigenvalue weighted by Crippen LogP contribution is -2.31. The zero-order valence-corrected chi connectivity index (χ0v) is 12.6. The molecule has 0 unspecified atom stereocenters. The van der Waals surface area contributed by atoms with Crippen molar-refractivity contribution in [2.45, 2.75) is 6.10 Å². The van der Waals surface area contributed by atoms with Crippen LogP contribution in [-0.4, -0.2) is 73.9 Å². The molecule has 0 saturated carbocycles. The van der Waals surface area contributed by atoms with Gasteiger partial charge in [0.05, 0.1) is 0 Å². The molecular formula is C13H20N4O5. The van der Waals surface area contributed by atoms with Crippen LogP contribution in [0.1, 0.15) is 0 Å². The summed E-state index contributed by atoms with van der Waals surface area (Å²) >= 11 is 0. The lowest BCUT2D eigenvalue weighted by Gasteiger charge is -2.16. The molecule has 9 nitrogen and oxygen atoms in total. The van der Waals surface area contributed by atoms with Gasteiger partial charge in [-0.1, -0.05) is 0 Å². The summed E-state index contributed by atoms with van der Waals surface area (Å²) < 4.78 is 9.60. The quantitative estimate of drug-likeness (QED) is 0.668. The Morgan fingerprint density at radius 3 is 1.73 bits per heavy atom. The molecule has 0 saturated heterocycles. The Labute approximate surface area is 128 Å². The lowest BCUT2D eigenvalue weighted by atomic mass is 10.4. The molecule has 122 valence electrons. The van der Waals surface area contributed by atoms with Gasteiger partial charge in [-0.3, -0.25) is 19.8 Å². The summed E-state index contributed by atoms with van der Waals surface area (Å²) in [4.78, 5) is 32.0. The van der Waals surface area contributed by atoms with Crippen molar-refractivity contribution in [3.05, 3.63) is 24.8 Å². The van der Waals surface area contributed by atoms with E-state index in [0.717, 1.165) is 9.80 Å². The number of amides is 2. The Balaban J connectivity index is 4.06. The number of nitrogens with zero attached hydrogens (tertiary/aromatic N) is 4. The number of aliphatic imine (C=N–C) groups is 2. The molecule has 0 aliphatic rings. The van der Waals surface area contributed by atoms with Crippen molar-refractivity contribution >= 4 is 25.6 Å². The van der Waals surface area contributed by atoms with E-state index >= 15 is 0 Å². The monoisotopic (exact) mass is 312 g/mol. The predicted molar refractivity (Wildman–Crippen MR) is 81.6 cm³/mol. The van der Waals surface area contributed by atoms with Crippen molar-refractivity contribution in [1.82, 2.24) is 9.80 Å². The SMILES string of the molecule is C=N/C=C\N(C)C(=O)OCC(O)COC(=O)N(C)/C=C\N=C. The molecule has 0 aromatic rings. The number of aliphatic hydroxyl groups is 1. The van der Waals surface area contributed by atoms with Gasteiger partial charge in [-0.05, 0) is 13.4 Å². The van der Waals surface area contributed by atoms with Crippen LogP contribution < -0.4 is 0 Å². The van der Waals surface area contributed by atoms with E-state index in [1.165, 1.54) is 38.9 Å². The molecule has 0 rings (SSSR count). The summed E-state index contributed by atoms with van der Waals surface area (Å²) in [6, 6.07) is 0. The average Bonchev–Trinajstić information content (AvgIpc) is 2.52. The summed E-state index contributed by atoms with van der Waals surface area (Å²) in [5, 5.41) is 9.58. The molecule has 0 radical (unpaired) electrons. The van der Waals surface area contributed by atoms with Crippen molar-refractivity contribution in [2.24, 2.45) is 9.98 Å². The standard InChI is InChI=1S/C13H20N4O5/c1-14-5-7-16(3)12(19)21-9-11(18)10-22-13(20)17(4)8-6-15-2/h5-8,11,18H,1-2,9-10H2,3-4H3/b7-5-,8-6-. The van der Waals surface area contributed by atoms with E-state index in [-0.39, 0.29) is 13.2 Å². The van der Waals surface area contributed by atoms with Crippen LogP contribution in [0, 0.1) is 0 Å². The molecule has 0 heterocycles. The van der Waals surface area contributed by atoms with Crippen LogP contribution in [0.4, 0.5) is 9.59 Å². The highest BCUT2D eigenvalue weighted by Gasteiger charge is 2.14. The van der Waals surface area contributed by atoms with Gasteiger partial charge in [-0.25, -0.2) is 9.59 Å². The van der Waals surface area contributed by atoms with E-state index in [1.54, 1.807) is 0 Å². The van der Waals surface area contributed by atoms with Gasteiger partial charge in [0.25, 0.3) is 0 Å².